The Hall–Kier alpha value is -1.84. The van der Waals surface area contributed by atoms with Crippen molar-refractivity contribution in [1.29, 1.82) is 0 Å². The fraction of sp³-hybridized carbons (Fsp3) is 0.400. The first-order valence-corrected chi connectivity index (χ1v) is 7.99. The minimum atomic E-state index is 0.541. The fourth-order valence-corrected chi connectivity index (χ4v) is 2.50. The molecule has 0 radical (unpaired) electrons. The first-order chi connectivity index (χ1) is 11.1. The zero-order valence-corrected chi connectivity index (χ0v) is 14.5. The molecule has 0 heterocycles. The summed E-state index contributed by atoms with van der Waals surface area (Å²) in [5.41, 5.74) is 6.19. The summed E-state index contributed by atoms with van der Waals surface area (Å²) < 4.78 is 16.2. The van der Waals surface area contributed by atoms with Crippen LogP contribution in [0.4, 0.5) is 0 Å². The smallest absolute Gasteiger partial charge is 0.120 e. The van der Waals surface area contributed by atoms with Crippen molar-refractivity contribution >= 4 is 0 Å². The zero-order chi connectivity index (χ0) is 16.7. The van der Waals surface area contributed by atoms with Gasteiger partial charge in [-0.2, -0.15) is 0 Å². The Morgan fingerprint density at radius 3 is 2.35 bits per heavy atom. The van der Waals surface area contributed by atoms with Gasteiger partial charge < -0.3 is 14.2 Å². The maximum atomic E-state index is 5.83. The molecule has 0 aromatic heterocycles. The van der Waals surface area contributed by atoms with E-state index in [1.54, 1.807) is 7.11 Å². The molecule has 2 rings (SSSR count). The zero-order valence-electron chi connectivity index (χ0n) is 14.5. The third kappa shape index (κ3) is 5.38. The van der Waals surface area contributed by atoms with Crippen LogP contribution in [0.25, 0.3) is 11.1 Å². The molecule has 0 spiro atoms. The van der Waals surface area contributed by atoms with E-state index in [1.165, 1.54) is 27.8 Å². The molecule has 3 heteroatoms. The Kier molecular flexibility index (Phi) is 6.63. The number of benzene rings is 2. The van der Waals surface area contributed by atoms with Crippen molar-refractivity contribution in [3.63, 3.8) is 0 Å². The molecule has 0 aliphatic carbocycles. The molecule has 0 saturated carbocycles. The van der Waals surface area contributed by atoms with Crippen LogP contribution in [0.1, 0.15) is 16.7 Å². The van der Waals surface area contributed by atoms with Crippen molar-refractivity contribution in [3.05, 3.63) is 53.1 Å². The standard InChI is InChI=1S/C20H26O3/c1-15-5-6-17(3)20(13-15)18-11-16(2)12-19(14-18)23-10-9-22-8-7-21-4/h5-6,11-14H,7-10H2,1-4H3. The molecule has 124 valence electrons. The topological polar surface area (TPSA) is 27.7 Å². The Bertz CT molecular complexity index is 635. The maximum Gasteiger partial charge on any atom is 0.120 e. The largest absolute Gasteiger partial charge is 0.491 e. The van der Waals surface area contributed by atoms with E-state index in [0.717, 1.165) is 5.75 Å². The Morgan fingerprint density at radius 1 is 0.783 bits per heavy atom. The Morgan fingerprint density at radius 2 is 1.57 bits per heavy atom. The number of rotatable bonds is 8. The van der Waals surface area contributed by atoms with Gasteiger partial charge in [0.25, 0.3) is 0 Å². The second kappa shape index (κ2) is 8.70. The minimum Gasteiger partial charge on any atom is -0.491 e. The minimum absolute atomic E-state index is 0.541. The monoisotopic (exact) mass is 314 g/mol. The summed E-state index contributed by atoms with van der Waals surface area (Å²) in [6.45, 7) is 8.67. The Balaban J connectivity index is 2.05. The third-order valence-corrected chi connectivity index (χ3v) is 3.68. The molecule has 23 heavy (non-hydrogen) atoms. The van der Waals surface area contributed by atoms with Crippen LogP contribution < -0.4 is 4.74 Å². The average Bonchev–Trinajstić information content (AvgIpc) is 2.52. The van der Waals surface area contributed by atoms with Gasteiger partial charge >= 0.3 is 0 Å². The number of hydrogen-bond acceptors (Lipinski definition) is 3. The lowest BCUT2D eigenvalue weighted by molar-refractivity contribution is 0.0544. The lowest BCUT2D eigenvalue weighted by atomic mass is 9.97. The van der Waals surface area contributed by atoms with Crippen molar-refractivity contribution in [3.8, 4) is 16.9 Å². The van der Waals surface area contributed by atoms with Crippen LogP contribution in [-0.4, -0.2) is 33.5 Å². The molecule has 3 nitrogen and oxygen atoms in total. The molecular formula is C20H26O3. The van der Waals surface area contributed by atoms with Crippen LogP contribution in [-0.2, 0) is 9.47 Å². The van der Waals surface area contributed by atoms with Crippen molar-refractivity contribution in [1.82, 2.24) is 0 Å². The van der Waals surface area contributed by atoms with Crippen molar-refractivity contribution in [2.45, 2.75) is 20.8 Å². The van der Waals surface area contributed by atoms with Crippen LogP contribution in [0.15, 0.2) is 36.4 Å². The van der Waals surface area contributed by atoms with Crippen LogP contribution in [0.3, 0.4) is 0 Å². The highest BCUT2D eigenvalue weighted by atomic mass is 16.5. The van der Waals surface area contributed by atoms with Crippen LogP contribution >= 0.6 is 0 Å². The first kappa shape index (κ1) is 17.5. The molecular weight excluding hydrogens is 288 g/mol. The summed E-state index contributed by atoms with van der Waals surface area (Å²) in [6.07, 6.45) is 0. The average molecular weight is 314 g/mol. The molecule has 0 saturated heterocycles. The van der Waals surface area contributed by atoms with E-state index >= 15 is 0 Å². The second-order valence-corrected chi connectivity index (χ2v) is 5.81. The molecule has 0 aliphatic rings. The normalized spacial score (nSPS) is 10.8. The van der Waals surface area contributed by atoms with Crippen LogP contribution in [0.5, 0.6) is 5.75 Å². The summed E-state index contributed by atoms with van der Waals surface area (Å²) in [6, 6.07) is 12.9. The number of methoxy groups -OCH3 is 1. The van der Waals surface area contributed by atoms with Gasteiger partial charge in [-0.3, -0.25) is 0 Å². The SMILES string of the molecule is COCCOCCOc1cc(C)cc(-c2cc(C)ccc2C)c1. The van der Waals surface area contributed by atoms with E-state index in [-0.39, 0.29) is 0 Å². The molecule has 2 aromatic carbocycles. The predicted octanol–water partition coefficient (Wildman–Crippen LogP) is 4.32. The van der Waals surface area contributed by atoms with Gasteiger partial charge in [0.2, 0.25) is 0 Å². The van der Waals surface area contributed by atoms with Crippen molar-refractivity contribution < 1.29 is 14.2 Å². The number of aryl methyl sites for hydroxylation is 3. The number of ether oxygens (including phenoxy) is 3. The highest BCUT2D eigenvalue weighted by molar-refractivity contribution is 5.70. The quantitative estimate of drug-likeness (QED) is 0.679. The second-order valence-electron chi connectivity index (χ2n) is 5.81. The van der Waals surface area contributed by atoms with E-state index in [4.69, 9.17) is 14.2 Å². The molecule has 0 bridgehead atoms. The molecule has 2 aromatic rings. The summed E-state index contributed by atoms with van der Waals surface area (Å²) in [4.78, 5) is 0. The van der Waals surface area contributed by atoms with Gasteiger partial charge in [0.15, 0.2) is 0 Å². The van der Waals surface area contributed by atoms with Gasteiger partial charge in [-0.05, 0) is 55.2 Å². The Labute approximate surface area is 139 Å². The van der Waals surface area contributed by atoms with Gasteiger partial charge in [0.05, 0.1) is 19.8 Å². The summed E-state index contributed by atoms with van der Waals surface area (Å²) in [5.74, 6) is 0.885. The molecule has 0 fully saturated rings. The molecule has 0 atom stereocenters. The molecule has 0 N–H and O–H groups in total. The summed E-state index contributed by atoms with van der Waals surface area (Å²) >= 11 is 0. The van der Waals surface area contributed by atoms with E-state index in [2.05, 4.69) is 57.2 Å². The fourth-order valence-electron chi connectivity index (χ4n) is 2.50. The van der Waals surface area contributed by atoms with Gasteiger partial charge in [-0.1, -0.05) is 29.8 Å². The van der Waals surface area contributed by atoms with E-state index in [9.17, 15) is 0 Å². The lowest BCUT2D eigenvalue weighted by Crippen LogP contribution is -2.10. The van der Waals surface area contributed by atoms with Crippen molar-refractivity contribution in [2.75, 3.05) is 33.5 Å². The maximum absolute atomic E-state index is 5.83. The van der Waals surface area contributed by atoms with Crippen LogP contribution in [0, 0.1) is 20.8 Å². The summed E-state index contributed by atoms with van der Waals surface area (Å²) in [7, 11) is 1.67. The number of hydrogen-bond donors (Lipinski definition) is 0. The third-order valence-electron chi connectivity index (χ3n) is 3.68. The van der Waals surface area contributed by atoms with Crippen molar-refractivity contribution in [2.24, 2.45) is 0 Å². The van der Waals surface area contributed by atoms with Crippen LogP contribution in [0.2, 0.25) is 0 Å². The molecule has 0 aliphatic heterocycles. The molecule has 0 amide bonds. The van der Waals surface area contributed by atoms with E-state index in [1.807, 2.05) is 0 Å². The first-order valence-electron chi connectivity index (χ1n) is 7.99. The van der Waals surface area contributed by atoms with E-state index in [0.29, 0.717) is 26.4 Å². The van der Waals surface area contributed by atoms with Gasteiger partial charge in [-0.15, -0.1) is 0 Å². The highest BCUT2D eigenvalue weighted by Crippen LogP contribution is 2.29. The highest BCUT2D eigenvalue weighted by Gasteiger charge is 2.06. The summed E-state index contributed by atoms with van der Waals surface area (Å²) in [5, 5.41) is 0. The lowest BCUT2D eigenvalue weighted by Gasteiger charge is -2.12. The van der Waals surface area contributed by atoms with Gasteiger partial charge in [-0.25, -0.2) is 0 Å². The predicted molar refractivity (Wildman–Crippen MR) is 94.3 cm³/mol. The van der Waals surface area contributed by atoms with Gasteiger partial charge in [0, 0.05) is 7.11 Å². The van der Waals surface area contributed by atoms with Gasteiger partial charge in [0.1, 0.15) is 12.4 Å². The van der Waals surface area contributed by atoms with E-state index < -0.39 is 0 Å². The molecule has 0 unspecified atom stereocenters.